The number of aliphatic hydroxyl groups excluding tert-OH is 2. The van der Waals surface area contributed by atoms with E-state index in [0.29, 0.717) is 19.4 Å². The van der Waals surface area contributed by atoms with Gasteiger partial charge >= 0.3 is 5.97 Å². The van der Waals surface area contributed by atoms with Crippen LogP contribution in [-0.2, 0) is 14.3 Å². The van der Waals surface area contributed by atoms with Crippen molar-refractivity contribution in [1.82, 2.24) is 5.32 Å². The Labute approximate surface area is 564 Å². The highest BCUT2D eigenvalue weighted by Crippen LogP contribution is 2.20. The third-order valence-electron chi connectivity index (χ3n) is 19.7. The first-order valence-corrected chi connectivity index (χ1v) is 41.6. The van der Waals surface area contributed by atoms with Crippen LogP contribution in [0.15, 0.2) is 24.3 Å². The summed E-state index contributed by atoms with van der Waals surface area (Å²) in [5.74, 6) is -0.0366. The van der Waals surface area contributed by atoms with Crippen molar-refractivity contribution in [2.45, 2.75) is 488 Å². The zero-order valence-corrected chi connectivity index (χ0v) is 61.4. The Morgan fingerprint density at radius 3 is 0.789 bits per heavy atom. The van der Waals surface area contributed by atoms with Gasteiger partial charge in [0.1, 0.15) is 0 Å². The summed E-state index contributed by atoms with van der Waals surface area (Å²) in [5.41, 5.74) is 0. The highest BCUT2D eigenvalue weighted by atomic mass is 16.5. The van der Waals surface area contributed by atoms with Gasteiger partial charge in [0.05, 0.1) is 25.4 Å². The monoisotopic (exact) mass is 1270 g/mol. The van der Waals surface area contributed by atoms with E-state index in [1.807, 2.05) is 6.08 Å². The minimum atomic E-state index is -0.844. The van der Waals surface area contributed by atoms with Gasteiger partial charge in [-0.3, -0.25) is 9.59 Å². The molecule has 0 aromatic carbocycles. The highest BCUT2D eigenvalue weighted by molar-refractivity contribution is 5.76. The second-order valence-electron chi connectivity index (χ2n) is 28.8. The highest BCUT2D eigenvalue weighted by Gasteiger charge is 2.18. The summed E-state index contributed by atoms with van der Waals surface area (Å²) >= 11 is 0. The molecule has 0 aromatic rings. The maximum absolute atomic E-state index is 12.6. The van der Waals surface area contributed by atoms with Crippen molar-refractivity contribution in [1.29, 1.82) is 0 Å². The van der Waals surface area contributed by atoms with Gasteiger partial charge in [0.25, 0.3) is 0 Å². The van der Waals surface area contributed by atoms with E-state index in [1.54, 1.807) is 6.08 Å². The zero-order chi connectivity index (χ0) is 64.9. The lowest BCUT2D eigenvalue weighted by Gasteiger charge is -2.20. The Kier molecular flexibility index (Phi) is 78.3. The average Bonchev–Trinajstić information content (AvgIpc) is 3.55. The lowest BCUT2D eigenvalue weighted by atomic mass is 10.0. The van der Waals surface area contributed by atoms with Gasteiger partial charge < -0.3 is 20.3 Å². The molecule has 0 bridgehead atoms. The first kappa shape index (κ1) is 88.3. The molecule has 6 nitrogen and oxygen atoms in total. The molecular formula is C84H163NO5. The minimum absolute atomic E-state index is 0.0225. The third-order valence-corrected chi connectivity index (χ3v) is 19.7. The Bertz CT molecular complexity index is 1410. The maximum Gasteiger partial charge on any atom is 0.305 e. The number of amides is 1. The molecule has 0 rings (SSSR count). The number of aliphatic hydroxyl groups is 2. The van der Waals surface area contributed by atoms with Crippen LogP contribution in [0, 0.1) is 0 Å². The summed E-state index contributed by atoms with van der Waals surface area (Å²) in [5, 5.41) is 23.3. The Balaban J connectivity index is 3.37. The Hall–Kier alpha value is -1.66. The van der Waals surface area contributed by atoms with Crippen LogP contribution in [0.3, 0.4) is 0 Å². The SMILES string of the molecule is CCCCCCCCCCCCCCCCCCCCCCCCC/C=C/C(O)C(CO)NC(=O)CCCCCCCCCCCCCCCCCCC/C=C\CCCCCCCCCCCCCCOC(=O)CCCCCCCCCCCCCCCCC. The van der Waals surface area contributed by atoms with Gasteiger partial charge in [0.15, 0.2) is 0 Å². The number of carbonyl (C=O) groups excluding carboxylic acids is 2. The van der Waals surface area contributed by atoms with E-state index in [9.17, 15) is 19.8 Å². The fourth-order valence-electron chi connectivity index (χ4n) is 13.4. The average molecular weight is 1270 g/mol. The molecule has 0 aliphatic rings. The Morgan fingerprint density at radius 2 is 0.522 bits per heavy atom. The van der Waals surface area contributed by atoms with E-state index >= 15 is 0 Å². The van der Waals surface area contributed by atoms with Gasteiger partial charge in [0, 0.05) is 12.8 Å². The lowest BCUT2D eigenvalue weighted by Crippen LogP contribution is -2.45. The first-order valence-electron chi connectivity index (χ1n) is 41.6. The van der Waals surface area contributed by atoms with Crippen molar-refractivity contribution < 1.29 is 24.5 Å². The molecule has 534 valence electrons. The molecule has 0 aliphatic heterocycles. The number of unbranched alkanes of at least 4 members (excludes halogenated alkanes) is 66. The van der Waals surface area contributed by atoms with Gasteiger partial charge in [-0.15, -0.1) is 0 Å². The van der Waals surface area contributed by atoms with Crippen LogP contribution in [-0.4, -0.2) is 47.4 Å². The predicted molar refractivity (Wildman–Crippen MR) is 398 cm³/mol. The van der Waals surface area contributed by atoms with Crippen molar-refractivity contribution in [3.8, 4) is 0 Å². The van der Waals surface area contributed by atoms with E-state index in [1.165, 1.54) is 411 Å². The summed E-state index contributed by atoms with van der Waals surface area (Å²) in [4.78, 5) is 24.7. The first-order chi connectivity index (χ1) is 44.5. The molecule has 0 aromatic heterocycles. The van der Waals surface area contributed by atoms with E-state index in [4.69, 9.17) is 4.74 Å². The molecule has 3 N–H and O–H groups in total. The number of carbonyl (C=O) groups is 2. The van der Waals surface area contributed by atoms with Crippen LogP contribution >= 0.6 is 0 Å². The second kappa shape index (κ2) is 79.8. The molecule has 0 heterocycles. The molecule has 0 radical (unpaired) electrons. The number of nitrogens with one attached hydrogen (secondary N) is 1. The fourth-order valence-corrected chi connectivity index (χ4v) is 13.4. The largest absolute Gasteiger partial charge is 0.466 e. The maximum atomic E-state index is 12.6. The number of ether oxygens (including phenoxy) is 1. The number of rotatable bonds is 79. The number of esters is 1. The lowest BCUT2D eigenvalue weighted by molar-refractivity contribution is -0.143. The van der Waals surface area contributed by atoms with E-state index < -0.39 is 12.1 Å². The summed E-state index contributed by atoms with van der Waals surface area (Å²) < 4.78 is 5.51. The van der Waals surface area contributed by atoms with Gasteiger partial charge in [-0.2, -0.15) is 0 Å². The van der Waals surface area contributed by atoms with Crippen LogP contribution in [0.25, 0.3) is 0 Å². The van der Waals surface area contributed by atoms with Crippen molar-refractivity contribution in [3.05, 3.63) is 24.3 Å². The molecule has 0 saturated carbocycles. The van der Waals surface area contributed by atoms with Crippen LogP contribution < -0.4 is 5.32 Å². The molecule has 90 heavy (non-hydrogen) atoms. The van der Waals surface area contributed by atoms with Crippen LogP contribution in [0.4, 0.5) is 0 Å². The summed E-state index contributed by atoms with van der Waals surface area (Å²) in [6, 6.07) is -0.627. The van der Waals surface area contributed by atoms with Crippen molar-refractivity contribution in [3.63, 3.8) is 0 Å². The number of hydrogen-bond donors (Lipinski definition) is 3. The quantitative estimate of drug-likeness (QED) is 0.0320. The van der Waals surface area contributed by atoms with Crippen LogP contribution in [0.1, 0.15) is 476 Å². The molecule has 0 saturated heterocycles. The standard InChI is InChI=1S/C84H163NO5/c1-3-5-7-9-11-13-15-17-19-20-21-22-23-33-36-39-42-45-49-52-56-60-64-68-72-76-82(87)81(80-86)85-83(88)77-73-69-65-61-57-53-50-46-43-40-37-34-31-29-27-25-24-26-28-30-32-35-38-41-44-47-51-55-59-63-67-71-75-79-90-84(89)78-74-70-66-62-58-54-48-18-16-14-12-10-8-6-4-2/h28,30,72,76,81-82,86-87H,3-27,29,31-71,73-75,77-80H2,1-2H3,(H,85,88)/b30-28-,76-72+. The van der Waals surface area contributed by atoms with Gasteiger partial charge in [-0.05, 0) is 57.8 Å². The van der Waals surface area contributed by atoms with Gasteiger partial charge in [-0.1, -0.05) is 430 Å². The smallest absolute Gasteiger partial charge is 0.305 e. The van der Waals surface area contributed by atoms with Crippen molar-refractivity contribution in [2.75, 3.05) is 13.2 Å². The van der Waals surface area contributed by atoms with E-state index in [0.717, 1.165) is 38.5 Å². The molecule has 0 fully saturated rings. The van der Waals surface area contributed by atoms with Gasteiger partial charge in [0.2, 0.25) is 5.91 Å². The molecule has 1 amide bonds. The topological polar surface area (TPSA) is 95.9 Å². The predicted octanol–water partition coefficient (Wildman–Crippen LogP) is 27.6. The van der Waals surface area contributed by atoms with Crippen molar-refractivity contribution >= 4 is 11.9 Å². The normalized spacial score (nSPS) is 12.5. The molecule has 0 spiro atoms. The summed E-state index contributed by atoms with van der Waals surface area (Å²) in [6.07, 6.45) is 103. The zero-order valence-electron chi connectivity index (χ0n) is 61.4. The summed E-state index contributed by atoms with van der Waals surface area (Å²) in [7, 11) is 0. The second-order valence-corrected chi connectivity index (χ2v) is 28.8. The molecule has 6 heteroatoms. The van der Waals surface area contributed by atoms with E-state index in [-0.39, 0.29) is 18.5 Å². The summed E-state index contributed by atoms with van der Waals surface area (Å²) in [6.45, 7) is 4.97. The van der Waals surface area contributed by atoms with Gasteiger partial charge in [-0.25, -0.2) is 0 Å². The number of allylic oxidation sites excluding steroid dienone is 3. The van der Waals surface area contributed by atoms with Crippen molar-refractivity contribution in [2.24, 2.45) is 0 Å². The fraction of sp³-hybridized carbons (Fsp3) is 0.929. The van der Waals surface area contributed by atoms with E-state index in [2.05, 4.69) is 31.3 Å². The Morgan fingerprint density at radius 1 is 0.300 bits per heavy atom. The third kappa shape index (κ3) is 75.4. The number of hydrogen-bond acceptors (Lipinski definition) is 5. The molecular weight excluding hydrogens is 1100 g/mol. The minimum Gasteiger partial charge on any atom is -0.466 e. The molecule has 2 atom stereocenters. The molecule has 2 unspecified atom stereocenters. The molecule has 0 aliphatic carbocycles. The van der Waals surface area contributed by atoms with Crippen LogP contribution in [0.5, 0.6) is 0 Å². The van der Waals surface area contributed by atoms with Crippen LogP contribution in [0.2, 0.25) is 0 Å².